The molecule has 0 amide bonds. The third-order valence-corrected chi connectivity index (χ3v) is 1.42. The van der Waals surface area contributed by atoms with Gasteiger partial charge in [-0.3, -0.25) is 4.90 Å². The van der Waals surface area contributed by atoms with E-state index in [-0.39, 0.29) is 6.17 Å². The normalized spacial score (nSPS) is 31.5. The largest absolute Gasteiger partial charge is 0.363 e. The first-order chi connectivity index (χ1) is 3.84. The van der Waals surface area contributed by atoms with Crippen LogP contribution in [0.4, 0.5) is 0 Å². The Bertz CT molecular complexity index is 76.8. The van der Waals surface area contributed by atoms with Crippen LogP contribution >= 0.6 is 0 Å². The Morgan fingerprint density at radius 2 is 2.62 bits per heavy atom. The first-order valence-corrected chi connectivity index (χ1v) is 2.92. The molecule has 1 fully saturated rings. The number of hydrogen-bond donors (Lipinski definition) is 1. The minimum absolute atomic E-state index is 0.139. The molecule has 0 aliphatic carbocycles. The summed E-state index contributed by atoms with van der Waals surface area (Å²) in [7, 11) is 0. The van der Waals surface area contributed by atoms with Crippen LogP contribution in [0, 0.1) is 0 Å². The Morgan fingerprint density at radius 3 is 2.88 bits per heavy atom. The summed E-state index contributed by atoms with van der Waals surface area (Å²) in [6.07, 6.45) is 0.139. The summed E-state index contributed by atoms with van der Waals surface area (Å²) < 4.78 is 5.06. The monoisotopic (exact) mass is 116 g/mol. The number of nitrogens with zero attached hydrogens (tertiary/aromatic N) is 1. The lowest BCUT2D eigenvalue weighted by atomic mass is 10.5. The molecule has 1 aliphatic heterocycles. The van der Waals surface area contributed by atoms with Crippen molar-refractivity contribution in [2.24, 2.45) is 5.73 Å². The molecule has 0 aromatic heterocycles. The average Bonchev–Trinajstić information content (AvgIpc) is 2.14. The second kappa shape index (κ2) is 2.44. The quantitative estimate of drug-likeness (QED) is 0.505. The fourth-order valence-corrected chi connectivity index (χ4v) is 0.818. The zero-order valence-corrected chi connectivity index (χ0v) is 5.13. The highest BCUT2D eigenvalue weighted by Gasteiger charge is 2.18. The number of ether oxygens (including phenoxy) is 1. The van der Waals surface area contributed by atoms with Gasteiger partial charge in [0.15, 0.2) is 0 Å². The van der Waals surface area contributed by atoms with E-state index < -0.39 is 0 Å². The minimum Gasteiger partial charge on any atom is -0.363 e. The smallest absolute Gasteiger partial charge is 0.100 e. The Hall–Kier alpha value is -0.120. The van der Waals surface area contributed by atoms with Crippen molar-refractivity contribution in [1.29, 1.82) is 0 Å². The van der Waals surface area contributed by atoms with Crippen molar-refractivity contribution in [2.75, 3.05) is 19.9 Å². The topological polar surface area (TPSA) is 38.5 Å². The van der Waals surface area contributed by atoms with Gasteiger partial charge in [-0.05, 0) is 6.54 Å². The molecule has 0 spiro atoms. The second-order valence-electron chi connectivity index (χ2n) is 1.97. The van der Waals surface area contributed by atoms with Crippen molar-refractivity contribution in [3.05, 3.63) is 0 Å². The Morgan fingerprint density at radius 1 is 1.88 bits per heavy atom. The highest BCUT2D eigenvalue weighted by molar-refractivity contribution is 4.65. The summed E-state index contributed by atoms with van der Waals surface area (Å²) in [6, 6.07) is 0. The number of rotatable bonds is 1. The molecule has 48 valence electrons. The highest BCUT2D eigenvalue weighted by Crippen LogP contribution is 2.01. The fourth-order valence-electron chi connectivity index (χ4n) is 0.818. The van der Waals surface area contributed by atoms with Crippen molar-refractivity contribution in [3.8, 4) is 0 Å². The number of nitrogens with two attached hydrogens (primary N) is 1. The fraction of sp³-hybridized carbons (Fsp3) is 1.00. The van der Waals surface area contributed by atoms with Crippen LogP contribution in [0.25, 0.3) is 0 Å². The van der Waals surface area contributed by atoms with E-state index in [1.54, 1.807) is 0 Å². The first-order valence-electron chi connectivity index (χ1n) is 2.92. The summed E-state index contributed by atoms with van der Waals surface area (Å²) >= 11 is 0. The van der Waals surface area contributed by atoms with Gasteiger partial charge in [-0.25, -0.2) is 0 Å². The van der Waals surface area contributed by atoms with Gasteiger partial charge in [-0.15, -0.1) is 0 Å². The van der Waals surface area contributed by atoms with E-state index in [0.29, 0.717) is 13.3 Å². The van der Waals surface area contributed by atoms with Crippen molar-refractivity contribution < 1.29 is 4.74 Å². The lowest BCUT2D eigenvalue weighted by Gasteiger charge is -2.14. The molecule has 0 aromatic carbocycles. The van der Waals surface area contributed by atoms with Crippen molar-refractivity contribution in [2.45, 2.75) is 13.1 Å². The molecule has 1 unspecified atom stereocenters. The van der Waals surface area contributed by atoms with Crippen molar-refractivity contribution in [1.82, 2.24) is 4.90 Å². The summed E-state index contributed by atoms with van der Waals surface area (Å²) in [5, 5.41) is 0. The van der Waals surface area contributed by atoms with Crippen LogP contribution in [0.15, 0.2) is 0 Å². The third kappa shape index (κ3) is 0.992. The summed E-state index contributed by atoms with van der Waals surface area (Å²) in [6.45, 7) is 4.46. The zero-order valence-electron chi connectivity index (χ0n) is 5.13. The molecule has 8 heavy (non-hydrogen) atoms. The van der Waals surface area contributed by atoms with Crippen LogP contribution in [0.2, 0.25) is 0 Å². The van der Waals surface area contributed by atoms with E-state index in [0.717, 1.165) is 6.54 Å². The third-order valence-electron chi connectivity index (χ3n) is 1.42. The molecule has 2 N–H and O–H groups in total. The molecule has 0 saturated carbocycles. The molecule has 0 bridgehead atoms. The molecular weight excluding hydrogens is 104 g/mol. The predicted octanol–water partition coefficient (Wildman–Crippen LogP) is -0.419. The van der Waals surface area contributed by atoms with Crippen LogP contribution in [0.5, 0.6) is 0 Å². The Kier molecular flexibility index (Phi) is 1.83. The number of likely N-dealkylation sites (N-methyl/N-ethyl adjacent to an activating group) is 1. The molecule has 1 saturated heterocycles. The van der Waals surface area contributed by atoms with Gasteiger partial charge < -0.3 is 10.5 Å². The first kappa shape index (κ1) is 6.01. The van der Waals surface area contributed by atoms with Crippen LogP contribution in [-0.4, -0.2) is 30.9 Å². The molecule has 0 aromatic rings. The lowest BCUT2D eigenvalue weighted by molar-refractivity contribution is 0.142. The second-order valence-corrected chi connectivity index (χ2v) is 1.97. The summed E-state index contributed by atoms with van der Waals surface area (Å²) in [5.74, 6) is 0. The van der Waals surface area contributed by atoms with Gasteiger partial charge >= 0.3 is 0 Å². The number of hydrogen-bond acceptors (Lipinski definition) is 3. The van der Waals surface area contributed by atoms with E-state index in [2.05, 4.69) is 11.8 Å². The van der Waals surface area contributed by atoms with Gasteiger partial charge in [-0.2, -0.15) is 0 Å². The van der Waals surface area contributed by atoms with Gasteiger partial charge in [0.05, 0.1) is 12.8 Å². The minimum atomic E-state index is 0.139. The standard InChI is InChI=1S/C5H12N2O/c1-2-7-4-8-3-5(7)6/h5H,2-4,6H2,1H3. The van der Waals surface area contributed by atoms with Crippen LogP contribution < -0.4 is 5.73 Å². The van der Waals surface area contributed by atoms with E-state index in [4.69, 9.17) is 10.5 Å². The molecule has 1 aliphatic rings. The Labute approximate surface area is 49.4 Å². The average molecular weight is 116 g/mol. The molecular formula is C5H12N2O. The maximum atomic E-state index is 5.59. The summed E-state index contributed by atoms with van der Waals surface area (Å²) in [4.78, 5) is 2.08. The molecule has 3 nitrogen and oxygen atoms in total. The van der Waals surface area contributed by atoms with E-state index in [9.17, 15) is 0 Å². The van der Waals surface area contributed by atoms with Gasteiger partial charge in [0.25, 0.3) is 0 Å². The Balaban J connectivity index is 2.30. The zero-order chi connectivity index (χ0) is 5.98. The van der Waals surface area contributed by atoms with E-state index >= 15 is 0 Å². The van der Waals surface area contributed by atoms with Gasteiger partial charge in [0, 0.05) is 0 Å². The maximum absolute atomic E-state index is 5.59. The van der Waals surface area contributed by atoms with E-state index in [1.165, 1.54) is 0 Å². The van der Waals surface area contributed by atoms with Crippen LogP contribution in [0.1, 0.15) is 6.92 Å². The lowest BCUT2D eigenvalue weighted by Crippen LogP contribution is -2.37. The highest BCUT2D eigenvalue weighted by atomic mass is 16.5. The summed E-state index contributed by atoms with van der Waals surface area (Å²) in [5.41, 5.74) is 5.59. The molecule has 1 rings (SSSR count). The molecule has 3 heteroatoms. The van der Waals surface area contributed by atoms with Gasteiger partial charge in [0.2, 0.25) is 0 Å². The van der Waals surface area contributed by atoms with Gasteiger partial charge in [-0.1, -0.05) is 6.92 Å². The molecule has 1 atom stereocenters. The molecule has 1 heterocycles. The van der Waals surface area contributed by atoms with Crippen LogP contribution in [-0.2, 0) is 4.74 Å². The van der Waals surface area contributed by atoms with Crippen molar-refractivity contribution in [3.63, 3.8) is 0 Å². The SMILES string of the molecule is CCN1COCC1N. The van der Waals surface area contributed by atoms with Crippen molar-refractivity contribution >= 4 is 0 Å². The van der Waals surface area contributed by atoms with E-state index in [1.807, 2.05) is 0 Å². The maximum Gasteiger partial charge on any atom is 0.100 e. The molecule has 0 radical (unpaired) electrons. The van der Waals surface area contributed by atoms with Gasteiger partial charge in [0.1, 0.15) is 6.73 Å². The predicted molar refractivity (Wildman–Crippen MR) is 31.2 cm³/mol. The van der Waals surface area contributed by atoms with Crippen LogP contribution in [0.3, 0.4) is 0 Å².